The number of halogens is 2. The lowest BCUT2D eigenvalue weighted by Gasteiger charge is -2.31. The summed E-state index contributed by atoms with van der Waals surface area (Å²) in [4.78, 5) is 23.4. The third-order valence-corrected chi connectivity index (χ3v) is 5.61. The second-order valence-electron chi connectivity index (χ2n) is 8.29. The maximum Gasteiger partial charge on any atom is 0.230 e. The lowest BCUT2D eigenvalue weighted by molar-refractivity contribution is -0.138. The zero-order chi connectivity index (χ0) is 23.0. The molecule has 33 heavy (non-hydrogen) atoms. The van der Waals surface area contributed by atoms with Crippen LogP contribution >= 0.6 is 24.0 Å². The van der Waals surface area contributed by atoms with Crippen LogP contribution < -0.4 is 15.4 Å². The number of pyridine rings is 1. The van der Waals surface area contributed by atoms with E-state index in [9.17, 15) is 9.18 Å². The molecule has 1 saturated carbocycles. The molecule has 0 unspecified atom stereocenters. The Morgan fingerprint density at radius 3 is 2.52 bits per heavy atom. The van der Waals surface area contributed by atoms with Gasteiger partial charge in [0.05, 0.1) is 12.0 Å². The number of nitrogens with one attached hydrogen (secondary N) is 2. The van der Waals surface area contributed by atoms with E-state index < -0.39 is 0 Å². The number of hydrogen-bond donors (Lipinski definition) is 2. The minimum atomic E-state index is -0.369. The second kappa shape index (κ2) is 12.7. The molecular weight excluding hydrogens is 536 g/mol. The summed E-state index contributed by atoms with van der Waals surface area (Å²) < 4.78 is 18.8. The number of benzene rings is 1. The molecule has 0 radical (unpaired) electrons. The Bertz CT molecular complexity index is 931. The van der Waals surface area contributed by atoms with Crippen LogP contribution in [-0.2, 0) is 11.3 Å². The van der Waals surface area contributed by atoms with Crippen LogP contribution in [0.1, 0.15) is 38.2 Å². The van der Waals surface area contributed by atoms with Crippen molar-refractivity contribution in [3.63, 3.8) is 0 Å². The molecule has 1 heterocycles. The van der Waals surface area contributed by atoms with Crippen LogP contribution in [0.15, 0.2) is 47.6 Å². The van der Waals surface area contributed by atoms with Crippen LogP contribution in [0.5, 0.6) is 11.6 Å². The molecule has 1 aliphatic rings. The average Bonchev–Trinajstić information content (AvgIpc) is 3.27. The molecule has 3 rings (SSSR count). The molecule has 9 heteroatoms. The zero-order valence-electron chi connectivity index (χ0n) is 19.4. The molecule has 0 saturated heterocycles. The van der Waals surface area contributed by atoms with Crippen molar-refractivity contribution in [3.8, 4) is 11.6 Å². The van der Waals surface area contributed by atoms with E-state index in [1.807, 2.05) is 33.2 Å². The van der Waals surface area contributed by atoms with E-state index in [0.29, 0.717) is 30.7 Å². The molecule has 0 bridgehead atoms. The Labute approximate surface area is 212 Å². The molecule has 0 aliphatic heterocycles. The van der Waals surface area contributed by atoms with Gasteiger partial charge in [-0.25, -0.2) is 14.4 Å². The number of aliphatic imine (C=N–C) groups is 1. The number of aromatic nitrogens is 1. The molecule has 1 fully saturated rings. The van der Waals surface area contributed by atoms with Crippen molar-refractivity contribution < 1.29 is 13.9 Å². The van der Waals surface area contributed by atoms with Gasteiger partial charge >= 0.3 is 0 Å². The van der Waals surface area contributed by atoms with Crippen LogP contribution in [-0.4, -0.2) is 48.9 Å². The second-order valence-corrected chi connectivity index (χ2v) is 8.29. The van der Waals surface area contributed by atoms with Gasteiger partial charge in [0, 0.05) is 39.4 Å². The van der Waals surface area contributed by atoms with Crippen LogP contribution in [0.25, 0.3) is 0 Å². The average molecular weight is 569 g/mol. The smallest absolute Gasteiger partial charge is 0.230 e. The maximum atomic E-state index is 13.1. The summed E-state index contributed by atoms with van der Waals surface area (Å²) in [5.74, 6) is 1.47. The first kappa shape index (κ1) is 26.8. The topological polar surface area (TPSA) is 78.9 Å². The van der Waals surface area contributed by atoms with Gasteiger partial charge in [0.15, 0.2) is 5.96 Å². The first-order valence-corrected chi connectivity index (χ1v) is 11.0. The molecule has 1 aromatic carbocycles. The third kappa shape index (κ3) is 7.55. The van der Waals surface area contributed by atoms with Gasteiger partial charge in [-0.3, -0.25) is 4.79 Å². The standard InChI is InChI=1S/C24H32FN5O2.HI/c1-4-26-23(29-17-24(12-5-6-13-24)22(31)30(2)3)28-16-18-11-14-27-21(15-18)32-20-9-7-19(25)8-10-20;/h7-11,14-15H,4-6,12-13,16-17H2,1-3H3,(H2,26,28,29);1H. The van der Waals surface area contributed by atoms with Crippen molar-refractivity contribution in [2.24, 2.45) is 10.4 Å². The van der Waals surface area contributed by atoms with Gasteiger partial charge in [-0.2, -0.15) is 0 Å². The Morgan fingerprint density at radius 1 is 1.18 bits per heavy atom. The maximum absolute atomic E-state index is 13.1. The van der Waals surface area contributed by atoms with E-state index in [-0.39, 0.29) is 41.1 Å². The van der Waals surface area contributed by atoms with Gasteiger partial charge in [0.2, 0.25) is 11.8 Å². The molecular formula is C24H33FIN5O2. The quantitative estimate of drug-likeness (QED) is 0.281. The van der Waals surface area contributed by atoms with Crippen LogP contribution in [0.3, 0.4) is 0 Å². The SMILES string of the molecule is CCNC(=NCc1ccnc(Oc2ccc(F)cc2)c1)NCC1(C(=O)N(C)C)CCCC1.I. The highest BCUT2D eigenvalue weighted by Gasteiger charge is 2.42. The minimum absolute atomic E-state index is 0. The number of rotatable bonds is 8. The number of carbonyl (C=O) groups is 1. The normalized spacial score (nSPS) is 14.8. The van der Waals surface area contributed by atoms with Gasteiger partial charge in [0.1, 0.15) is 11.6 Å². The van der Waals surface area contributed by atoms with Gasteiger partial charge in [0.25, 0.3) is 0 Å². The molecule has 180 valence electrons. The molecule has 1 aliphatic carbocycles. The van der Waals surface area contributed by atoms with Gasteiger partial charge < -0.3 is 20.3 Å². The number of carbonyl (C=O) groups excluding carboxylic acids is 1. The van der Waals surface area contributed by atoms with Gasteiger partial charge in [-0.05, 0) is 55.7 Å². The highest BCUT2D eigenvalue weighted by atomic mass is 127. The highest BCUT2D eigenvalue weighted by Crippen LogP contribution is 2.38. The fourth-order valence-corrected chi connectivity index (χ4v) is 3.99. The molecule has 0 spiro atoms. The Morgan fingerprint density at radius 2 is 1.88 bits per heavy atom. The molecule has 2 aromatic rings. The van der Waals surface area contributed by atoms with Crippen LogP contribution in [0.2, 0.25) is 0 Å². The van der Waals surface area contributed by atoms with E-state index in [0.717, 1.165) is 37.8 Å². The summed E-state index contributed by atoms with van der Waals surface area (Å²) in [6, 6.07) is 9.49. The number of amides is 1. The summed E-state index contributed by atoms with van der Waals surface area (Å²) >= 11 is 0. The number of guanidine groups is 1. The van der Waals surface area contributed by atoms with Crippen molar-refractivity contribution >= 4 is 35.8 Å². The van der Waals surface area contributed by atoms with Crippen molar-refractivity contribution in [3.05, 3.63) is 54.0 Å². The third-order valence-electron chi connectivity index (χ3n) is 5.61. The zero-order valence-corrected chi connectivity index (χ0v) is 21.8. The molecule has 0 atom stereocenters. The van der Waals surface area contributed by atoms with E-state index in [2.05, 4.69) is 20.6 Å². The summed E-state index contributed by atoms with van der Waals surface area (Å²) in [5, 5.41) is 6.63. The lowest BCUT2D eigenvalue weighted by atomic mass is 9.84. The van der Waals surface area contributed by atoms with Crippen molar-refractivity contribution in [1.82, 2.24) is 20.5 Å². The summed E-state index contributed by atoms with van der Waals surface area (Å²) in [5.41, 5.74) is 0.557. The molecule has 7 nitrogen and oxygen atoms in total. The largest absolute Gasteiger partial charge is 0.439 e. The number of ether oxygens (including phenoxy) is 1. The predicted octanol–water partition coefficient (Wildman–Crippen LogP) is 4.33. The van der Waals surface area contributed by atoms with Crippen molar-refractivity contribution in [2.45, 2.75) is 39.2 Å². The van der Waals surface area contributed by atoms with Crippen molar-refractivity contribution in [2.75, 3.05) is 27.2 Å². The minimum Gasteiger partial charge on any atom is -0.439 e. The highest BCUT2D eigenvalue weighted by molar-refractivity contribution is 14.0. The van der Waals surface area contributed by atoms with E-state index >= 15 is 0 Å². The Hall–Kier alpha value is -2.43. The van der Waals surface area contributed by atoms with Gasteiger partial charge in [-0.15, -0.1) is 24.0 Å². The van der Waals surface area contributed by atoms with Crippen molar-refractivity contribution in [1.29, 1.82) is 0 Å². The summed E-state index contributed by atoms with van der Waals surface area (Å²) in [6.07, 6.45) is 5.59. The summed E-state index contributed by atoms with van der Waals surface area (Å²) in [7, 11) is 3.63. The van der Waals surface area contributed by atoms with E-state index in [4.69, 9.17) is 4.74 Å². The Kier molecular flexibility index (Phi) is 10.3. The first-order valence-electron chi connectivity index (χ1n) is 11.0. The van der Waals surface area contributed by atoms with E-state index in [1.165, 1.54) is 12.1 Å². The Balaban J connectivity index is 0.00000385. The monoisotopic (exact) mass is 569 g/mol. The number of nitrogens with zero attached hydrogens (tertiary/aromatic N) is 3. The lowest BCUT2D eigenvalue weighted by Crippen LogP contribution is -2.49. The molecule has 1 amide bonds. The van der Waals surface area contributed by atoms with E-state index in [1.54, 1.807) is 23.2 Å². The fraction of sp³-hybridized carbons (Fsp3) is 0.458. The summed E-state index contributed by atoms with van der Waals surface area (Å²) in [6.45, 7) is 3.71. The van der Waals surface area contributed by atoms with Gasteiger partial charge in [-0.1, -0.05) is 12.8 Å². The van der Waals surface area contributed by atoms with Crippen LogP contribution in [0, 0.1) is 11.2 Å². The fourth-order valence-electron chi connectivity index (χ4n) is 3.99. The molecule has 2 N–H and O–H groups in total. The first-order chi connectivity index (χ1) is 15.4. The molecule has 1 aromatic heterocycles. The predicted molar refractivity (Wildman–Crippen MR) is 139 cm³/mol. The van der Waals surface area contributed by atoms with Crippen LogP contribution in [0.4, 0.5) is 4.39 Å². The number of hydrogen-bond acceptors (Lipinski definition) is 4.